The molecule has 0 aromatic carbocycles. The van der Waals surface area contributed by atoms with Gasteiger partial charge in [-0.1, -0.05) is 44.3 Å². The smallest absolute Gasteiger partial charge is 0.315 e. The summed E-state index contributed by atoms with van der Waals surface area (Å²) in [6.07, 6.45) is 12.1. The van der Waals surface area contributed by atoms with E-state index >= 15 is 0 Å². The van der Waals surface area contributed by atoms with Crippen LogP contribution in [0.1, 0.15) is 51.4 Å². The number of amides is 2. The van der Waals surface area contributed by atoms with Gasteiger partial charge in [0.1, 0.15) is 0 Å². The molecular weight excluding hydrogens is 256 g/mol. The molecule has 5 heteroatoms. The highest BCUT2D eigenvalue weighted by Gasteiger charge is 2.25. The number of hydrogen-bond acceptors (Lipinski definition) is 2. The van der Waals surface area contributed by atoms with Crippen LogP contribution in [0.5, 0.6) is 0 Å². The predicted octanol–water partition coefficient (Wildman–Crippen LogP) is 2.43. The number of hydrogen-bond donors (Lipinski definition) is 3. The number of aliphatic carboxylic acids is 1. The highest BCUT2D eigenvalue weighted by molar-refractivity contribution is 5.76. The summed E-state index contributed by atoms with van der Waals surface area (Å²) < 4.78 is 0. The minimum absolute atomic E-state index is 0.162. The van der Waals surface area contributed by atoms with Crippen molar-refractivity contribution in [1.29, 1.82) is 0 Å². The third-order valence-electron chi connectivity index (χ3n) is 4.16. The van der Waals surface area contributed by atoms with Gasteiger partial charge in [0.05, 0.1) is 12.0 Å². The molecule has 20 heavy (non-hydrogen) atoms. The highest BCUT2D eigenvalue weighted by atomic mass is 16.4. The van der Waals surface area contributed by atoms with Crippen LogP contribution in [0.3, 0.4) is 0 Å². The fraction of sp³-hybridized carbons (Fsp3) is 0.733. The second-order valence-electron chi connectivity index (χ2n) is 5.83. The van der Waals surface area contributed by atoms with Crippen molar-refractivity contribution in [2.75, 3.05) is 0 Å². The monoisotopic (exact) mass is 280 g/mol. The Morgan fingerprint density at radius 2 is 1.60 bits per heavy atom. The van der Waals surface area contributed by atoms with Gasteiger partial charge in [-0.05, 0) is 19.3 Å². The molecule has 0 heterocycles. The number of carbonyl (C=O) groups excluding carboxylic acids is 1. The maximum atomic E-state index is 11.9. The first-order valence-corrected chi connectivity index (χ1v) is 7.63. The maximum Gasteiger partial charge on any atom is 0.315 e. The van der Waals surface area contributed by atoms with Gasteiger partial charge in [0.15, 0.2) is 0 Å². The van der Waals surface area contributed by atoms with Crippen molar-refractivity contribution in [3.8, 4) is 0 Å². The van der Waals surface area contributed by atoms with Crippen molar-refractivity contribution in [2.45, 2.75) is 63.5 Å². The largest absolute Gasteiger partial charge is 0.481 e. The molecule has 5 nitrogen and oxygen atoms in total. The Hall–Kier alpha value is -1.52. The normalized spacial score (nSPS) is 27.6. The number of nitrogens with one attached hydrogen (secondary N) is 2. The summed E-state index contributed by atoms with van der Waals surface area (Å²) in [6.45, 7) is 0. The lowest BCUT2D eigenvalue weighted by molar-refractivity contribution is -0.140. The summed E-state index contributed by atoms with van der Waals surface area (Å²) in [7, 11) is 0. The van der Waals surface area contributed by atoms with Crippen LogP contribution >= 0.6 is 0 Å². The Bertz CT molecular complexity index is 373. The molecule has 0 aromatic rings. The van der Waals surface area contributed by atoms with Crippen LogP contribution < -0.4 is 10.6 Å². The highest BCUT2D eigenvalue weighted by Crippen LogP contribution is 2.19. The van der Waals surface area contributed by atoms with Crippen LogP contribution in [0.25, 0.3) is 0 Å². The third kappa shape index (κ3) is 4.54. The van der Waals surface area contributed by atoms with Gasteiger partial charge in [-0.15, -0.1) is 0 Å². The van der Waals surface area contributed by atoms with Crippen molar-refractivity contribution < 1.29 is 14.7 Å². The lowest BCUT2D eigenvalue weighted by Crippen LogP contribution is -2.45. The van der Waals surface area contributed by atoms with E-state index in [-0.39, 0.29) is 18.1 Å². The zero-order valence-electron chi connectivity index (χ0n) is 11.8. The average Bonchev–Trinajstić information content (AvgIpc) is 2.81. The first-order chi connectivity index (χ1) is 9.65. The lowest BCUT2D eigenvalue weighted by Gasteiger charge is -2.22. The molecule has 2 aliphatic carbocycles. The van der Waals surface area contributed by atoms with E-state index in [4.69, 9.17) is 5.11 Å². The Morgan fingerprint density at radius 1 is 0.950 bits per heavy atom. The molecule has 0 saturated heterocycles. The topological polar surface area (TPSA) is 78.4 Å². The predicted molar refractivity (Wildman–Crippen MR) is 76.4 cm³/mol. The second kappa shape index (κ2) is 7.31. The molecule has 3 N–H and O–H groups in total. The minimum atomic E-state index is -0.828. The van der Waals surface area contributed by atoms with E-state index in [9.17, 15) is 9.59 Å². The number of urea groups is 1. The standard InChI is InChI=1S/C15H24N2O3/c18-14(19)11-8-9-13(10-11)17-15(20)16-12-6-4-2-1-3-5-7-12/h8-9,11-13H,1-7,10H2,(H,18,19)(H2,16,17,20). The van der Waals surface area contributed by atoms with Gasteiger partial charge in [-0.3, -0.25) is 4.79 Å². The van der Waals surface area contributed by atoms with Crippen LogP contribution in [-0.2, 0) is 4.79 Å². The maximum absolute atomic E-state index is 11.9. The van der Waals surface area contributed by atoms with E-state index in [0.29, 0.717) is 6.42 Å². The summed E-state index contributed by atoms with van der Waals surface area (Å²) in [4.78, 5) is 22.8. The number of carbonyl (C=O) groups is 2. The molecule has 0 aromatic heterocycles. The molecule has 0 spiro atoms. The Balaban J connectivity index is 1.72. The first-order valence-electron chi connectivity index (χ1n) is 7.63. The van der Waals surface area contributed by atoms with Gasteiger partial charge >= 0.3 is 12.0 Å². The van der Waals surface area contributed by atoms with Crippen molar-refractivity contribution in [1.82, 2.24) is 10.6 Å². The molecule has 0 aliphatic heterocycles. The SMILES string of the molecule is O=C(NC1C=CC(C(=O)O)C1)NC1CCCCCCC1. The van der Waals surface area contributed by atoms with Crippen LogP contribution in [0.4, 0.5) is 4.79 Å². The third-order valence-corrected chi connectivity index (χ3v) is 4.16. The second-order valence-corrected chi connectivity index (χ2v) is 5.83. The molecule has 1 saturated carbocycles. The van der Waals surface area contributed by atoms with Crippen LogP contribution in [0.2, 0.25) is 0 Å². The Morgan fingerprint density at radius 3 is 2.20 bits per heavy atom. The van der Waals surface area contributed by atoms with Crippen molar-refractivity contribution in [2.24, 2.45) is 5.92 Å². The number of rotatable bonds is 3. The van der Waals surface area contributed by atoms with Gasteiger partial charge in [0, 0.05) is 6.04 Å². The van der Waals surface area contributed by atoms with E-state index < -0.39 is 11.9 Å². The average molecular weight is 280 g/mol. The van der Waals surface area contributed by atoms with Crippen molar-refractivity contribution in [3.63, 3.8) is 0 Å². The van der Waals surface area contributed by atoms with E-state index in [2.05, 4.69) is 10.6 Å². The van der Waals surface area contributed by atoms with Crippen molar-refractivity contribution in [3.05, 3.63) is 12.2 Å². The molecule has 2 amide bonds. The van der Waals surface area contributed by atoms with Gasteiger partial charge in [-0.25, -0.2) is 4.79 Å². The zero-order valence-corrected chi connectivity index (χ0v) is 11.8. The summed E-state index contributed by atoms with van der Waals surface area (Å²) in [5.74, 6) is -1.30. The van der Waals surface area contributed by atoms with E-state index in [1.807, 2.05) is 0 Å². The van der Waals surface area contributed by atoms with E-state index in [1.54, 1.807) is 12.2 Å². The Kier molecular flexibility index (Phi) is 5.44. The van der Waals surface area contributed by atoms with Crippen LogP contribution in [0.15, 0.2) is 12.2 Å². The van der Waals surface area contributed by atoms with E-state index in [1.165, 1.54) is 32.1 Å². The molecule has 112 valence electrons. The number of carboxylic acid groups (broad SMARTS) is 1. The lowest BCUT2D eigenvalue weighted by atomic mass is 9.97. The molecule has 2 aliphatic rings. The summed E-state index contributed by atoms with van der Waals surface area (Å²) >= 11 is 0. The minimum Gasteiger partial charge on any atom is -0.481 e. The molecule has 1 fully saturated rings. The van der Waals surface area contributed by atoms with Crippen molar-refractivity contribution >= 4 is 12.0 Å². The molecule has 2 unspecified atom stereocenters. The van der Waals surface area contributed by atoms with Gasteiger partial charge in [0.2, 0.25) is 0 Å². The van der Waals surface area contributed by atoms with Gasteiger partial charge in [0.25, 0.3) is 0 Å². The van der Waals surface area contributed by atoms with Crippen LogP contribution in [-0.4, -0.2) is 29.2 Å². The molecule has 2 atom stereocenters. The van der Waals surface area contributed by atoms with Gasteiger partial charge < -0.3 is 15.7 Å². The molecule has 0 bridgehead atoms. The zero-order chi connectivity index (χ0) is 14.4. The first kappa shape index (κ1) is 14.9. The fourth-order valence-electron chi connectivity index (χ4n) is 2.99. The Labute approximate surface area is 119 Å². The molecular formula is C15H24N2O3. The van der Waals surface area contributed by atoms with E-state index in [0.717, 1.165) is 12.8 Å². The summed E-state index contributed by atoms with van der Waals surface area (Å²) in [5.41, 5.74) is 0. The van der Waals surface area contributed by atoms with Gasteiger partial charge in [-0.2, -0.15) is 0 Å². The summed E-state index contributed by atoms with van der Waals surface area (Å²) in [5, 5.41) is 14.8. The molecule has 2 rings (SSSR count). The fourth-order valence-corrected chi connectivity index (χ4v) is 2.99. The number of carboxylic acids is 1. The quantitative estimate of drug-likeness (QED) is 0.695. The summed E-state index contributed by atoms with van der Waals surface area (Å²) in [6, 6.07) is -0.0723. The molecule has 0 radical (unpaired) electrons. The van der Waals surface area contributed by atoms with Crippen LogP contribution in [0, 0.1) is 5.92 Å².